The Balaban J connectivity index is 1.40. The van der Waals surface area contributed by atoms with Gasteiger partial charge in [0.2, 0.25) is 11.8 Å². The van der Waals surface area contributed by atoms with Gasteiger partial charge in [0, 0.05) is 28.4 Å². The maximum atomic E-state index is 15.4. The van der Waals surface area contributed by atoms with Crippen molar-refractivity contribution in [3.63, 3.8) is 0 Å². The summed E-state index contributed by atoms with van der Waals surface area (Å²) >= 11 is 12.7. The van der Waals surface area contributed by atoms with Gasteiger partial charge in [0.05, 0.1) is 41.0 Å². The van der Waals surface area contributed by atoms with Crippen molar-refractivity contribution in [3.8, 4) is 11.5 Å². The zero-order valence-corrected chi connectivity index (χ0v) is 28.7. The molecule has 1 saturated carbocycles. The number of rotatable bonds is 6. The third kappa shape index (κ3) is 4.45. The number of halogens is 2. The van der Waals surface area contributed by atoms with Crippen LogP contribution in [0.3, 0.4) is 0 Å². The number of phenolic OH excluding ortho intramolecular Hbond substituents is 1. The maximum Gasteiger partial charge on any atom is 0.260 e. The fourth-order valence-corrected chi connectivity index (χ4v) is 9.52. The number of methoxy groups -OCH3 is 1. The summed E-state index contributed by atoms with van der Waals surface area (Å²) in [7, 11) is 1.55. The number of fused-ring (bicyclic) bond motifs is 5. The molecule has 254 valence electrons. The highest BCUT2D eigenvalue weighted by Crippen LogP contribution is 2.65. The van der Waals surface area contributed by atoms with E-state index < -0.39 is 46.8 Å². The Labute approximate surface area is 298 Å². The van der Waals surface area contributed by atoms with Crippen LogP contribution < -0.4 is 10.2 Å². The van der Waals surface area contributed by atoms with Gasteiger partial charge < -0.3 is 9.84 Å². The molecule has 2 aliphatic carbocycles. The first kappa shape index (κ1) is 32.4. The van der Waals surface area contributed by atoms with Crippen LogP contribution in [0.1, 0.15) is 36.8 Å². The highest BCUT2D eigenvalue weighted by Gasteiger charge is 2.70. The van der Waals surface area contributed by atoms with E-state index in [1.807, 2.05) is 42.5 Å². The molecule has 0 radical (unpaired) electrons. The SMILES string of the molecule is CCN1C(=O)[C@H]2[C@H](CC=C3[C@H]2C[C@H]2C(=O)N(Nc4ccc(Cl)cc4Cl)C(=O)[C@@]2(c2ccc(OC)cc2)[C@H]3c2ccc3ccccc3c2O)C1=O. The number of carbonyl (C=O) groups excluding carboxylic acids is 4. The Hall–Kier alpha value is -4.86. The molecule has 2 heterocycles. The number of anilines is 1. The molecule has 50 heavy (non-hydrogen) atoms. The molecule has 4 aliphatic rings. The lowest BCUT2D eigenvalue weighted by atomic mass is 9.49. The standard InChI is InChI=1S/C39H33Cl2N3O6/c1-3-43-35(46)26-16-15-25-28(32(26)37(43)48)19-29-36(47)44(42-31-17-11-22(40)18-30(31)41)38(49)39(29,21-9-12-23(50-2)13-10-21)33(25)27-14-8-20-6-4-5-7-24(20)34(27)45/h4-15,17-18,26,28-29,32-33,42,45H,3,16,19H2,1-2H3/t26-,28+,29-,32-,33+,39+/m0/s1. The Bertz CT molecular complexity index is 2150. The summed E-state index contributed by atoms with van der Waals surface area (Å²) in [6.07, 6.45) is 2.41. The summed E-state index contributed by atoms with van der Waals surface area (Å²) in [5, 5.41) is 15.1. The molecule has 3 fully saturated rings. The van der Waals surface area contributed by atoms with Crippen molar-refractivity contribution in [2.45, 2.75) is 31.1 Å². The zero-order chi connectivity index (χ0) is 35.1. The summed E-state index contributed by atoms with van der Waals surface area (Å²) in [6.45, 7) is 2.02. The van der Waals surface area contributed by atoms with Gasteiger partial charge in [-0.05, 0) is 67.0 Å². The first-order valence-corrected chi connectivity index (χ1v) is 17.4. The van der Waals surface area contributed by atoms with E-state index in [2.05, 4.69) is 5.43 Å². The Kier molecular flexibility index (Phi) is 7.69. The minimum atomic E-state index is -1.57. The molecule has 0 bridgehead atoms. The van der Waals surface area contributed by atoms with Crippen LogP contribution in [0.5, 0.6) is 11.5 Å². The molecule has 8 rings (SSSR count). The van der Waals surface area contributed by atoms with Gasteiger partial charge in [0.15, 0.2) is 0 Å². The first-order valence-electron chi connectivity index (χ1n) is 16.6. The summed E-state index contributed by atoms with van der Waals surface area (Å²) in [5.41, 5.74) is 3.49. The quantitative estimate of drug-likeness (QED) is 0.166. The molecule has 2 N–H and O–H groups in total. The highest BCUT2D eigenvalue weighted by atomic mass is 35.5. The van der Waals surface area contributed by atoms with Crippen LogP contribution in [0.4, 0.5) is 5.69 Å². The smallest absolute Gasteiger partial charge is 0.260 e. The molecule has 4 aromatic rings. The lowest BCUT2D eigenvalue weighted by Gasteiger charge is -2.50. The summed E-state index contributed by atoms with van der Waals surface area (Å²) in [5.74, 6) is -4.65. The molecule has 0 unspecified atom stereocenters. The van der Waals surface area contributed by atoms with Crippen molar-refractivity contribution in [3.05, 3.63) is 112 Å². The number of hydrazine groups is 1. The number of aromatic hydroxyl groups is 1. The molecular formula is C39H33Cl2N3O6. The topological polar surface area (TPSA) is 116 Å². The van der Waals surface area contributed by atoms with E-state index in [0.717, 1.165) is 16.0 Å². The number of nitrogens with zero attached hydrogens (tertiary/aromatic N) is 2. The number of ether oxygens (including phenoxy) is 1. The number of benzene rings is 4. The molecule has 2 aliphatic heterocycles. The molecular weight excluding hydrogens is 677 g/mol. The number of nitrogens with one attached hydrogen (secondary N) is 1. The van der Waals surface area contributed by atoms with E-state index in [4.69, 9.17) is 27.9 Å². The van der Waals surface area contributed by atoms with Crippen LogP contribution >= 0.6 is 23.2 Å². The summed E-state index contributed by atoms with van der Waals surface area (Å²) in [6, 6.07) is 22.9. The van der Waals surface area contributed by atoms with Crippen molar-refractivity contribution < 1.29 is 29.0 Å². The minimum Gasteiger partial charge on any atom is -0.507 e. The van der Waals surface area contributed by atoms with Gasteiger partial charge in [-0.15, -0.1) is 0 Å². The minimum absolute atomic E-state index is 0.0141. The van der Waals surface area contributed by atoms with Crippen molar-refractivity contribution in [1.29, 1.82) is 0 Å². The highest BCUT2D eigenvalue weighted by molar-refractivity contribution is 6.36. The number of likely N-dealkylation sites (tertiary alicyclic amines) is 1. The number of hydrogen-bond acceptors (Lipinski definition) is 7. The van der Waals surface area contributed by atoms with Crippen LogP contribution in [0.15, 0.2) is 90.5 Å². The van der Waals surface area contributed by atoms with Crippen molar-refractivity contribution >= 4 is 63.3 Å². The molecule has 2 saturated heterocycles. The van der Waals surface area contributed by atoms with E-state index in [1.54, 1.807) is 50.4 Å². The van der Waals surface area contributed by atoms with Gasteiger partial charge in [-0.1, -0.05) is 83.4 Å². The second-order valence-electron chi connectivity index (χ2n) is 13.4. The van der Waals surface area contributed by atoms with Crippen molar-refractivity contribution in [2.75, 3.05) is 19.1 Å². The fourth-order valence-electron chi connectivity index (χ4n) is 9.07. The van der Waals surface area contributed by atoms with Gasteiger partial charge >= 0.3 is 0 Å². The molecule has 0 spiro atoms. The van der Waals surface area contributed by atoms with Crippen LogP contribution in [0, 0.1) is 23.7 Å². The lowest BCUT2D eigenvalue weighted by molar-refractivity contribution is -0.141. The Morgan fingerprint density at radius 1 is 0.920 bits per heavy atom. The van der Waals surface area contributed by atoms with E-state index in [9.17, 15) is 19.5 Å². The maximum absolute atomic E-state index is 15.4. The first-order chi connectivity index (χ1) is 24.1. The predicted octanol–water partition coefficient (Wildman–Crippen LogP) is 6.87. The number of imide groups is 2. The van der Waals surface area contributed by atoms with Crippen LogP contribution in [0.25, 0.3) is 10.8 Å². The molecule has 4 aromatic carbocycles. The number of carbonyl (C=O) groups is 4. The predicted molar refractivity (Wildman–Crippen MR) is 189 cm³/mol. The lowest BCUT2D eigenvalue weighted by Crippen LogP contribution is -2.53. The van der Waals surface area contributed by atoms with Gasteiger partial charge in [-0.3, -0.25) is 29.5 Å². The zero-order valence-electron chi connectivity index (χ0n) is 27.2. The Morgan fingerprint density at radius 3 is 2.40 bits per heavy atom. The molecule has 4 amide bonds. The van der Waals surface area contributed by atoms with E-state index in [1.165, 1.54) is 11.0 Å². The summed E-state index contributed by atoms with van der Waals surface area (Å²) in [4.78, 5) is 59.0. The van der Waals surface area contributed by atoms with Gasteiger partial charge in [0.25, 0.3) is 11.8 Å². The van der Waals surface area contributed by atoms with Crippen LogP contribution in [-0.4, -0.2) is 52.3 Å². The largest absolute Gasteiger partial charge is 0.507 e. The van der Waals surface area contributed by atoms with E-state index in [-0.39, 0.29) is 35.6 Å². The Morgan fingerprint density at radius 2 is 1.68 bits per heavy atom. The third-order valence-corrected chi connectivity index (χ3v) is 11.8. The van der Waals surface area contributed by atoms with Gasteiger partial charge in [-0.2, -0.15) is 5.01 Å². The van der Waals surface area contributed by atoms with Crippen LogP contribution in [-0.2, 0) is 24.6 Å². The molecule has 9 nitrogen and oxygen atoms in total. The second-order valence-corrected chi connectivity index (χ2v) is 14.2. The summed E-state index contributed by atoms with van der Waals surface area (Å²) < 4.78 is 5.47. The molecule has 6 atom stereocenters. The normalized spacial score (nSPS) is 27.3. The fraction of sp³-hybridized carbons (Fsp3) is 0.282. The third-order valence-electron chi connectivity index (χ3n) is 11.2. The average molecular weight is 711 g/mol. The van der Waals surface area contributed by atoms with Crippen molar-refractivity contribution in [2.24, 2.45) is 23.7 Å². The van der Waals surface area contributed by atoms with Crippen molar-refractivity contribution in [1.82, 2.24) is 9.91 Å². The van der Waals surface area contributed by atoms with Gasteiger partial charge in [-0.25, -0.2) is 0 Å². The van der Waals surface area contributed by atoms with E-state index >= 15 is 4.79 Å². The molecule has 0 aromatic heterocycles. The number of hydrogen-bond donors (Lipinski definition) is 2. The number of allylic oxidation sites excluding steroid dienone is 2. The second kappa shape index (κ2) is 11.9. The van der Waals surface area contributed by atoms with E-state index in [0.29, 0.717) is 39.4 Å². The van der Waals surface area contributed by atoms with Crippen LogP contribution in [0.2, 0.25) is 10.0 Å². The monoisotopic (exact) mass is 709 g/mol. The number of amides is 4. The molecule has 11 heteroatoms. The number of phenols is 1. The average Bonchev–Trinajstić information content (AvgIpc) is 3.50. The van der Waals surface area contributed by atoms with Gasteiger partial charge in [0.1, 0.15) is 11.5 Å².